The molecule has 2 rings (SSSR count). The van der Waals surface area contributed by atoms with E-state index in [2.05, 4.69) is 69.1 Å². The molecule has 2 aromatic carbocycles. The van der Waals surface area contributed by atoms with Gasteiger partial charge in [0.05, 0.1) is 0 Å². The van der Waals surface area contributed by atoms with E-state index in [1.165, 1.54) is 16.3 Å². The largest absolute Gasteiger partial charge is 0.0616 e. The minimum absolute atomic E-state index is 1.14. The zero-order chi connectivity index (χ0) is 9.42. The summed E-state index contributed by atoms with van der Waals surface area (Å²) in [4.78, 5) is 0. The van der Waals surface area contributed by atoms with E-state index < -0.39 is 0 Å². The van der Waals surface area contributed by atoms with Crippen molar-refractivity contribution in [1.29, 1.82) is 0 Å². The van der Waals surface area contributed by atoms with E-state index in [4.69, 9.17) is 0 Å². The van der Waals surface area contributed by atoms with Crippen LogP contribution in [0.1, 0.15) is 5.56 Å². The normalized spacial score (nSPS) is 10.7. The lowest BCUT2D eigenvalue weighted by molar-refractivity contribution is 1.44. The smallest absolute Gasteiger partial charge is 0.0398 e. The summed E-state index contributed by atoms with van der Waals surface area (Å²) in [6, 6.07) is 10.5. The number of halogens is 2. The number of aryl methyl sites for hydroxylation is 1. The van der Waals surface area contributed by atoms with Gasteiger partial charge in [0, 0.05) is 8.95 Å². The van der Waals surface area contributed by atoms with Gasteiger partial charge >= 0.3 is 0 Å². The van der Waals surface area contributed by atoms with E-state index >= 15 is 0 Å². The molecule has 0 radical (unpaired) electrons. The fourth-order valence-electron chi connectivity index (χ4n) is 1.41. The van der Waals surface area contributed by atoms with Crippen LogP contribution in [0.5, 0.6) is 0 Å². The Kier molecular flexibility index (Phi) is 2.43. The van der Waals surface area contributed by atoms with Crippen molar-refractivity contribution in [2.24, 2.45) is 0 Å². The van der Waals surface area contributed by atoms with Crippen molar-refractivity contribution in [2.75, 3.05) is 0 Å². The number of rotatable bonds is 0. The number of hydrogen-bond donors (Lipinski definition) is 0. The van der Waals surface area contributed by atoms with Crippen molar-refractivity contribution in [2.45, 2.75) is 6.92 Å². The maximum Gasteiger partial charge on any atom is 0.0398 e. The van der Waals surface area contributed by atoms with Crippen molar-refractivity contribution in [3.8, 4) is 0 Å². The van der Waals surface area contributed by atoms with Crippen LogP contribution in [0.25, 0.3) is 10.8 Å². The molecular formula is C11H8Br2. The second-order valence-electron chi connectivity index (χ2n) is 3.04. The highest BCUT2D eigenvalue weighted by Gasteiger charge is 2.04. The van der Waals surface area contributed by atoms with Crippen LogP contribution in [0.15, 0.2) is 39.3 Å². The monoisotopic (exact) mass is 298 g/mol. The Labute approximate surface area is 94.2 Å². The van der Waals surface area contributed by atoms with Gasteiger partial charge in [-0.1, -0.05) is 30.3 Å². The highest BCUT2D eigenvalue weighted by Crippen LogP contribution is 2.33. The maximum absolute atomic E-state index is 3.58. The Balaban J connectivity index is 2.94. The first-order chi connectivity index (χ1) is 6.20. The van der Waals surface area contributed by atoms with Crippen molar-refractivity contribution in [1.82, 2.24) is 0 Å². The Morgan fingerprint density at radius 3 is 2.46 bits per heavy atom. The fraction of sp³-hybridized carbons (Fsp3) is 0.0909. The van der Waals surface area contributed by atoms with E-state index in [-0.39, 0.29) is 0 Å². The second-order valence-corrected chi connectivity index (χ2v) is 4.63. The molecule has 2 aromatic rings. The molecule has 0 amide bonds. The van der Waals surface area contributed by atoms with Crippen molar-refractivity contribution >= 4 is 42.6 Å². The molecule has 13 heavy (non-hydrogen) atoms. The van der Waals surface area contributed by atoms with Crippen LogP contribution >= 0.6 is 31.9 Å². The summed E-state index contributed by atoms with van der Waals surface area (Å²) in [6.45, 7) is 2.10. The minimum atomic E-state index is 1.14. The number of hydrogen-bond acceptors (Lipinski definition) is 0. The first-order valence-corrected chi connectivity index (χ1v) is 5.62. The van der Waals surface area contributed by atoms with Gasteiger partial charge in [-0.15, -0.1) is 0 Å². The van der Waals surface area contributed by atoms with Crippen LogP contribution in [0.4, 0.5) is 0 Å². The summed E-state index contributed by atoms with van der Waals surface area (Å²) >= 11 is 7.14. The minimum Gasteiger partial charge on any atom is -0.0616 e. The van der Waals surface area contributed by atoms with Crippen molar-refractivity contribution < 1.29 is 0 Å². The molecule has 66 valence electrons. The molecule has 0 aromatic heterocycles. The van der Waals surface area contributed by atoms with Crippen molar-refractivity contribution in [3.05, 3.63) is 44.8 Å². The summed E-state index contributed by atoms with van der Waals surface area (Å²) < 4.78 is 2.29. The molecule has 0 atom stereocenters. The van der Waals surface area contributed by atoms with Crippen LogP contribution in [0.3, 0.4) is 0 Å². The second kappa shape index (κ2) is 3.43. The summed E-state index contributed by atoms with van der Waals surface area (Å²) in [7, 11) is 0. The van der Waals surface area contributed by atoms with Crippen LogP contribution in [0, 0.1) is 6.92 Å². The average Bonchev–Trinajstić information content (AvgIpc) is 2.15. The average molecular weight is 300 g/mol. The molecule has 0 aliphatic heterocycles. The Hall–Kier alpha value is -0.340. The van der Waals surface area contributed by atoms with Gasteiger partial charge in [0.25, 0.3) is 0 Å². The van der Waals surface area contributed by atoms with Gasteiger partial charge in [0.15, 0.2) is 0 Å². The molecule has 0 N–H and O–H groups in total. The maximum atomic E-state index is 3.58. The third-order valence-electron chi connectivity index (χ3n) is 2.11. The van der Waals surface area contributed by atoms with Gasteiger partial charge in [-0.3, -0.25) is 0 Å². The summed E-state index contributed by atoms with van der Waals surface area (Å²) in [5, 5.41) is 2.52. The lowest BCUT2D eigenvalue weighted by Gasteiger charge is -2.05. The van der Waals surface area contributed by atoms with E-state index in [0.717, 1.165) is 8.95 Å². The number of benzene rings is 2. The lowest BCUT2D eigenvalue weighted by Crippen LogP contribution is -1.80. The van der Waals surface area contributed by atoms with Crippen LogP contribution < -0.4 is 0 Å². The first kappa shape index (κ1) is 9.22. The SMILES string of the molecule is Cc1cc2ccccc2c(Br)c1Br. The van der Waals surface area contributed by atoms with E-state index in [1.54, 1.807) is 0 Å². The zero-order valence-electron chi connectivity index (χ0n) is 7.14. The van der Waals surface area contributed by atoms with E-state index in [9.17, 15) is 0 Å². The highest BCUT2D eigenvalue weighted by molar-refractivity contribution is 9.13. The molecule has 0 bridgehead atoms. The summed E-state index contributed by atoms with van der Waals surface area (Å²) in [5.41, 5.74) is 1.26. The molecule has 0 fully saturated rings. The lowest BCUT2D eigenvalue weighted by atomic mass is 10.1. The molecule has 0 unspecified atom stereocenters. The topological polar surface area (TPSA) is 0 Å². The predicted octanol–water partition coefficient (Wildman–Crippen LogP) is 4.67. The summed E-state index contributed by atoms with van der Waals surface area (Å²) in [5.74, 6) is 0. The zero-order valence-corrected chi connectivity index (χ0v) is 10.3. The van der Waals surface area contributed by atoms with Gasteiger partial charge in [-0.2, -0.15) is 0 Å². The Bertz CT molecular complexity index is 461. The molecule has 0 saturated heterocycles. The molecule has 0 nitrogen and oxygen atoms in total. The third kappa shape index (κ3) is 1.53. The fourth-order valence-corrected chi connectivity index (χ4v) is 2.41. The first-order valence-electron chi connectivity index (χ1n) is 4.03. The van der Waals surface area contributed by atoms with E-state index in [1.807, 2.05) is 0 Å². The predicted molar refractivity (Wildman–Crippen MR) is 64.1 cm³/mol. The molecule has 0 aliphatic carbocycles. The van der Waals surface area contributed by atoms with E-state index in [0.29, 0.717) is 0 Å². The van der Waals surface area contributed by atoms with Crippen LogP contribution in [0.2, 0.25) is 0 Å². The third-order valence-corrected chi connectivity index (χ3v) is 4.49. The number of fused-ring (bicyclic) bond motifs is 1. The summed E-state index contributed by atoms with van der Waals surface area (Å²) in [6.07, 6.45) is 0. The molecular weight excluding hydrogens is 292 g/mol. The van der Waals surface area contributed by atoms with Gasteiger partial charge < -0.3 is 0 Å². The van der Waals surface area contributed by atoms with Crippen LogP contribution in [-0.4, -0.2) is 0 Å². The molecule has 0 heterocycles. The standard InChI is InChI=1S/C11H8Br2/c1-7-6-8-4-2-3-5-9(8)11(13)10(7)12/h2-6H,1H3. The van der Waals surface area contributed by atoms with Crippen molar-refractivity contribution in [3.63, 3.8) is 0 Å². The molecule has 0 saturated carbocycles. The highest BCUT2D eigenvalue weighted by atomic mass is 79.9. The molecule has 2 heteroatoms. The quantitative estimate of drug-likeness (QED) is 0.663. The van der Waals surface area contributed by atoms with Gasteiger partial charge in [-0.25, -0.2) is 0 Å². The van der Waals surface area contributed by atoms with Gasteiger partial charge in [0.1, 0.15) is 0 Å². The molecule has 0 aliphatic rings. The molecule has 0 spiro atoms. The van der Waals surface area contributed by atoms with Gasteiger partial charge in [-0.05, 0) is 55.1 Å². The Morgan fingerprint density at radius 2 is 1.69 bits per heavy atom. The Morgan fingerprint density at radius 1 is 1.00 bits per heavy atom. The van der Waals surface area contributed by atoms with Gasteiger partial charge in [0.2, 0.25) is 0 Å². The van der Waals surface area contributed by atoms with Crippen LogP contribution in [-0.2, 0) is 0 Å².